The van der Waals surface area contributed by atoms with Crippen LogP contribution < -0.4 is 11.1 Å². The molecule has 35 heavy (non-hydrogen) atoms. The monoisotopic (exact) mass is 530 g/mol. The number of alkyl carbamates (subject to hydrolysis) is 1. The summed E-state index contributed by atoms with van der Waals surface area (Å²) < 4.78 is 22.2. The molecule has 6 atom stereocenters. The van der Waals surface area contributed by atoms with Gasteiger partial charge in [-0.2, -0.15) is 0 Å². The van der Waals surface area contributed by atoms with Crippen molar-refractivity contribution in [2.45, 2.75) is 64.5 Å². The first-order valence-electron chi connectivity index (χ1n) is 11.5. The number of esters is 2. The SMILES string of the molecule is CCOC(=O)[C@H]1[C@@H]2[C@H](N)[C@@H](OCc3ccc(Cl)c(Cl)c3)[C@@](NC(=O)OC(C)(C)C)(C(=O)OCC)[C@H]12. The van der Waals surface area contributed by atoms with Crippen LogP contribution in [-0.4, -0.2) is 54.5 Å². The van der Waals surface area contributed by atoms with Crippen molar-refractivity contribution in [3.63, 3.8) is 0 Å². The molecule has 1 amide bonds. The summed E-state index contributed by atoms with van der Waals surface area (Å²) in [5, 5.41) is 3.43. The van der Waals surface area contributed by atoms with Crippen LogP contribution in [0.2, 0.25) is 10.0 Å². The number of fused-ring (bicyclic) bond motifs is 1. The van der Waals surface area contributed by atoms with Crippen molar-refractivity contribution < 1.29 is 33.3 Å². The number of hydrogen-bond donors (Lipinski definition) is 2. The van der Waals surface area contributed by atoms with E-state index in [1.807, 2.05) is 0 Å². The van der Waals surface area contributed by atoms with Crippen LogP contribution in [0.3, 0.4) is 0 Å². The zero-order valence-electron chi connectivity index (χ0n) is 20.4. The lowest BCUT2D eigenvalue weighted by molar-refractivity contribution is -0.162. The molecule has 0 spiro atoms. The summed E-state index contributed by atoms with van der Waals surface area (Å²) in [7, 11) is 0. The third kappa shape index (κ3) is 5.53. The summed E-state index contributed by atoms with van der Waals surface area (Å²) in [5.41, 5.74) is 4.64. The Kier molecular flexibility index (Phi) is 8.26. The quantitative estimate of drug-likeness (QED) is 0.386. The minimum absolute atomic E-state index is 0.0237. The Balaban J connectivity index is 1.98. The second-order valence-electron chi connectivity index (χ2n) is 9.65. The van der Waals surface area contributed by atoms with Gasteiger partial charge in [0.05, 0.1) is 35.8 Å². The Bertz CT molecular complexity index is 983. The Morgan fingerprint density at radius 2 is 1.74 bits per heavy atom. The number of hydrogen-bond acceptors (Lipinski definition) is 8. The van der Waals surface area contributed by atoms with Gasteiger partial charge in [-0.1, -0.05) is 29.3 Å². The number of carbonyl (C=O) groups is 3. The second-order valence-corrected chi connectivity index (χ2v) is 10.5. The zero-order chi connectivity index (χ0) is 26.1. The number of carbonyl (C=O) groups excluding carboxylic acids is 3. The van der Waals surface area contributed by atoms with E-state index < -0.39 is 59.1 Å². The molecule has 3 N–H and O–H groups in total. The van der Waals surface area contributed by atoms with E-state index in [0.29, 0.717) is 15.6 Å². The van der Waals surface area contributed by atoms with Gasteiger partial charge in [0.25, 0.3) is 0 Å². The number of halogens is 2. The van der Waals surface area contributed by atoms with Crippen molar-refractivity contribution in [1.82, 2.24) is 5.32 Å². The van der Waals surface area contributed by atoms with E-state index in [-0.39, 0.29) is 19.8 Å². The zero-order valence-corrected chi connectivity index (χ0v) is 21.9. The van der Waals surface area contributed by atoms with Crippen molar-refractivity contribution in [3.8, 4) is 0 Å². The molecule has 3 rings (SSSR count). The van der Waals surface area contributed by atoms with Crippen LogP contribution >= 0.6 is 23.2 Å². The summed E-state index contributed by atoms with van der Waals surface area (Å²) in [5.74, 6) is -3.05. The van der Waals surface area contributed by atoms with E-state index >= 15 is 0 Å². The molecular formula is C24H32Cl2N2O7. The highest BCUT2D eigenvalue weighted by molar-refractivity contribution is 6.42. The van der Waals surface area contributed by atoms with Gasteiger partial charge in [-0.3, -0.25) is 4.79 Å². The van der Waals surface area contributed by atoms with Gasteiger partial charge in [0, 0.05) is 12.0 Å². The second kappa shape index (κ2) is 10.5. The standard InChI is InChI=1S/C24H32Cl2N2O7/c1-6-32-20(29)16-15-17(16)24(21(30)33-7-2,28-22(31)35-23(3,4)5)19(18(15)27)34-11-12-8-9-13(25)14(26)10-12/h8-10,15-19H,6-7,11,27H2,1-5H3,(H,28,31)/t15-,16-,17-,18-,19+,24+/m0/s1. The third-order valence-corrected chi connectivity index (χ3v) is 6.88. The maximum atomic E-state index is 13.5. The molecule has 1 aromatic rings. The Hall–Kier alpha value is -2.07. The molecule has 2 aliphatic rings. The molecule has 2 aliphatic carbocycles. The molecule has 2 fully saturated rings. The maximum absolute atomic E-state index is 13.5. The van der Waals surface area contributed by atoms with E-state index in [4.69, 9.17) is 47.9 Å². The van der Waals surface area contributed by atoms with Gasteiger partial charge in [-0.05, 0) is 58.2 Å². The van der Waals surface area contributed by atoms with Crippen LogP contribution in [0.4, 0.5) is 4.79 Å². The van der Waals surface area contributed by atoms with Crippen molar-refractivity contribution in [2.24, 2.45) is 23.5 Å². The van der Waals surface area contributed by atoms with Gasteiger partial charge in [-0.15, -0.1) is 0 Å². The fraction of sp³-hybridized carbons (Fsp3) is 0.625. The number of benzene rings is 1. The third-order valence-electron chi connectivity index (χ3n) is 6.14. The average molecular weight is 531 g/mol. The normalized spacial score (nSPS) is 29.2. The van der Waals surface area contributed by atoms with Gasteiger partial charge >= 0.3 is 18.0 Å². The predicted octanol–water partition coefficient (Wildman–Crippen LogP) is 3.47. The molecule has 0 heterocycles. The van der Waals surface area contributed by atoms with Crippen molar-refractivity contribution in [2.75, 3.05) is 13.2 Å². The largest absolute Gasteiger partial charge is 0.466 e. The van der Waals surface area contributed by atoms with E-state index in [1.165, 1.54) is 0 Å². The molecule has 0 unspecified atom stereocenters. The molecular weight excluding hydrogens is 499 g/mol. The maximum Gasteiger partial charge on any atom is 0.408 e. The van der Waals surface area contributed by atoms with Gasteiger partial charge in [-0.25, -0.2) is 9.59 Å². The first-order chi connectivity index (χ1) is 16.4. The molecule has 9 nitrogen and oxygen atoms in total. The van der Waals surface area contributed by atoms with Crippen LogP contribution in [0, 0.1) is 17.8 Å². The summed E-state index contributed by atoms with van der Waals surface area (Å²) in [6.07, 6.45) is -1.86. The fourth-order valence-corrected chi connectivity index (χ4v) is 5.20. The molecule has 2 saturated carbocycles. The fourth-order valence-electron chi connectivity index (χ4n) is 4.88. The lowest BCUT2D eigenvalue weighted by Crippen LogP contribution is -2.67. The van der Waals surface area contributed by atoms with Crippen LogP contribution in [0.1, 0.15) is 40.2 Å². The molecule has 1 aromatic carbocycles. The number of nitrogens with two attached hydrogens (primary N) is 1. The van der Waals surface area contributed by atoms with Crippen LogP contribution in [0.5, 0.6) is 0 Å². The molecule has 0 bridgehead atoms. The molecule has 11 heteroatoms. The van der Waals surface area contributed by atoms with Crippen molar-refractivity contribution in [1.29, 1.82) is 0 Å². The molecule has 0 saturated heterocycles. The number of ether oxygens (including phenoxy) is 4. The van der Waals surface area contributed by atoms with E-state index in [2.05, 4.69) is 5.32 Å². The minimum atomic E-state index is -1.75. The van der Waals surface area contributed by atoms with Gasteiger partial charge in [0.1, 0.15) is 11.7 Å². The summed E-state index contributed by atoms with van der Waals surface area (Å²) in [4.78, 5) is 39.1. The van der Waals surface area contributed by atoms with Crippen molar-refractivity contribution in [3.05, 3.63) is 33.8 Å². The summed E-state index contributed by atoms with van der Waals surface area (Å²) in [6, 6.07) is 4.23. The van der Waals surface area contributed by atoms with Crippen LogP contribution in [0.25, 0.3) is 0 Å². The molecule has 194 valence electrons. The van der Waals surface area contributed by atoms with E-state index in [0.717, 1.165) is 0 Å². The Morgan fingerprint density at radius 1 is 1.09 bits per heavy atom. The first-order valence-corrected chi connectivity index (χ1v) is 12.3. The lowest BCUT2D eigenvalue weighted by atomic mass is 9.86. The molecule has 0 aromatic heterocycles. The average Bonchev–Trinajstić information content (AvgIpc) is 3.45. The Labute approximate surface area is 214 Å². The van der Waals surface area contributed by atoms with Crippen LogP contribution in [0.15, 0.2) is 18.2 Å². The summed E-state index contributed by atoms with van der Waals surface area (Å²) >= 11 is 12.1. The molecule has 0 radical (unpaired) electrons. The highest BCUT2D eigenvalue weighted by Crippen LogP contribution is 2.63. The van der Waals surface area contributed by atoms with E-state index in [1.54, 1.807) is 52.8 Å². The highest BCUT2D eigenvalue weighted by Gasteiger charge is 2.80. The Morgan fingerprint density at radius 3 is 2.31 bits per heavy atom. The molecule has 0 aliphatic heterocycles. The van der Waals surface area contributed by atoms with Gasteiger partial charge in [0.15, 0.2) is 5.54 Å². The lowest BCUT2D eigenvalue weighted by Gasteiger charge is -2.38. The minimum Gasteiger partial charge on any atom is -0.466 e. The number of amides is 1. The summed E-state index contributed by atoms with van der Waals surface area (Å²) in [6.45, 7) is 8.68. The number of nitrogens with one attached hydrogen (secondary N) is 1. The highest BCUT2D eigenvalue weighted by atomic mass is 35.5. The number of rotatable bonds is 8. The van der Waals surface area contributed by atoms with Gasteiger partial charge in [0.2, 0.25) is 0 Å². The topological polar surface area (TPSA) is 126 Å². The predicted molar refractivity (Wildman–Crippen MR) is 129 cm³/mol. The van der Waals surface area contributed by atoms with Crippen LogP contribution in [-0.2, 0) is 35.1 Å². The van der Waals surface area contributed by atoms with Gasteiger partial charge < -0.3 is 30.0 Å². The van der Waals surface area contributed by atoms with Crippen molar-refractivity contribution >= 4 is 41.2 Å². The smallest absolute Gasteiger partial charge is 0.408 e. The van der Waals surface area contributed by atoms with E-state index in [9.17, 15) is 14.4 Å². The first kappa shape index (κ1) is 27.5.